The first kappa shape index (κ1) is 12.2. The van der Waals surface area contributed by atoms with Crippen LogP contribution in [0.3, 0.4) is 0 Å². The lowest BCUT2D eigenvalue weighted by atomic mass is 9.89. The second-order valence-corrected chi connectivity index (χ2v) is 5.30. The molecule has 0 aliphatic heterocycles. The summed E-state index contributed by atoms with van der Waals surface area (Å²) in [6, 6.07) is 0. The molecule has 1 aromatic rings. The predicted molar refractivity (Wildman–Crippen MR) is 61.4 cm³/mol. The molecule has 0 saturated heterocycles. The Bertz CT molecular complexity index is 301. The number of nitrogens with zero attached hydrogens (tertiary/aromatic N) is 3. The van der Waals surface area contributed by atoms with Crippen LogP contribution in [0.5, 0.6) is 0 Å². The molecule has 86 valence electrons. The van der Waals surface area contributed by atoms with E-state index in [2.05, 4.69) is 37.8 Å². The molecule has 1 heterocycles. The molecule has 0 atom stereocenters. The van der Waals surface area contributed by atoms with Gasteiger partial charge in [-0.2, -0.15) is 5.10 Å². The highest BCUT2D eigenvalue weighted by Crippen LogP contribution is 2.18. The fourth-order valence-corrected chi connectivity index (χ4v) is 1.42. The Kier molecular flexibility index (Phi) is 3.85. The molecule has 0 saturated carbocycles. The topological polar surface area (TPSA) is 56.7 Å². The van der Waals surface area contributed by atoms with E-state index in [0.29, 0.717) is 12.5 Å². The average molecular weight is 210 g/mol. The Balaban J connectivity index is 2.73. The molecule has 0 aromatic carbocycles. The van der Waals surface area contributed by atoms with E-state index in [9.17, 15) is 0 Å². The number of hydrogen-bond donors (Lipinski definition) is 1. The lowest BCUT2D eigenvalue weighted by Crippen LogP contribution is -2.28. The van der Waals surface area contributed by atoms with Gasteiger partial charge in [0.1, 0.15) is 12.2 Å². The largest absolute Gasteiger partial charge is 0.330 e. The van der Waals surface area contributed by atoms with Crippen molar-refractivity contribution in [2.24, 2.45) is 17.1 Å². The molecule has 0 fully saturated rings. The van der Waals surface area contributed by atoms with Crippen LogP contribution >= 0.6 is 0 Å². The molecule has 0 spiro atoms. The van der Waals surface area contributed by atoms with E-state index in [0.717, 1.165) is 18.8 Å². The molecule has 0 radical (unpaired) electrons. The monoisotopic (exact) mass is 210 g/mol. The van der Waals surface area contributed by atoms with Gasteiger partial charge in [0.05, 0.1) is 0 Å². The molecule has 0 unspecified atom stereocenters. The summed E-state index contributed by atoms with van der Waals surface area (Å²) in [7, 11) is 0. The summed E-state index contributed by atoms with van der Waals surface area (Å²) in [5, 5.41) is 4.24. The highest BCUT2D eigenvalue weighted by atomic mass is 15.3. The summed E-state index contributed by atoms with van der Waals surface area (Å²) >= 11 is 0. The number of nitrogens with two attached hydrogens (primary N) is 1. The van der Waals surface area contributed by atoms with Crippen LogP contribution < -0.4 is 5.73 Å². The number of aromatic nitrogens is 3. The van der Waals surface area contributed by atoms with Crippen molar-refractivity contribution in [3.63, 3.8) is 0 Å². The Morgan fingerprint density at radius 1 is 1.47 bits per heavy atom. The van der Waals surface area contributed by atoms with Crippen LogP contribution in [0.25, 0.3) is 0 Å². The van der Waals surface area contributed by atoms with Gasteiger partial charge in [-0.1, -0.05) is 27.7 Å². The molecule has 4 heteroatoms. The van der Waals surface area contributed by atoms with Crippen LogP contribution in [-0.4, -0.2) is 21.3 Å². The molecule has 1 rings (SSSR count). The van der Waals surface area contributed by atoms with E-state index in [1.54, 1.807) is 6.33 Å². The summed E-state index contributed by atoms with van der Waals surface area (Å²) in [6.45, 7) is 10.3. The van der Waals surface area contributed by atoms with Crippen molar-refractivity contribution in [1.82, 2.24) is 14.8 Å². The molecular formula is C11H22N4. The van der Waals surface area contributed by atoms with Crippen molar-refractivity contribution >= 4 is 0 Å². The van der Waals surface area contributed by atoms with Gasteiger partial charge in [0.2, 0.25) is 0 Å². The van der Waals surface area contributed by atoms with Gasteiger partial charge in [0.15, 0.2) is 0 Å². The average Bonchev–Trinajstić information content (AvgIpc) is 2.51. The first-order valence-corrected chi connectivity index (χ1v) is 5.51. The van der Waals surface area contributed by atoms with Gasteiger partial charge in [-0.05, 0) is 17.9 Å². The standard InChI is InChI=1S/C11H22N4/c1-9(2)6-15-10(13-8-14-15)5-11(3,4)7-12/h8-9H,5-7,12H2,1-4H3. The molecule has 1 aromatic heterocycles. The second kappa shape index (κ2) is 4.75. The van der Waals surface area contributed by atoms with E-state index in [-0.39, 0.29) is 5.41 Å². The Hall–Kier alpha value is -0.900. The zero-order valence-electron chi connectivity index (χ0n) is 10.2. The molecule has 2 N–H and O–H groups in total. The molecule has 0 bridgehead atoms. The molecular weight excluding hydrogens is 188 g/mol. The van der Waals surface area contributed by atoms with Crippen LogP contribution in [0.4, 0.5) is 0 Å². The van der Waals surface area contributed by atoms with E-state index < -0.39 is 0 Å². The Morgan fingerprint density at radius 3 is 2.67 bits per heavy atom. The lowest BCUT2D eigenvalue weighted by Gasteiger charge is -2.22. The van der Waals surface area contributed by atoms with Gasteiger partial charge in [0, 0.05) is 13.0 Å². The third-order valence-corrected chi connectivity index (χ3v) is 2.42. The van der Waals surface area contributed by atoms with E-state index in [4.69, 9.17) is 5.73 Å². The van der Waals surface area contributed by atoms with Crippen molar-refractivity contribution in [3.05, 3.63) is 12.2 Å². The molecule has 0 aliphatic carbocycles. The summed E-state index contributed by atoms with van der Waals surface area (Å²) in [6.07, 6.45) is 2.51. The quantitative estimate of drug-likeness (QED) is 0.800. The van der Waals surface area contributed by atoms with Crippen LogP contribution in [0, 0.1) is 11.3 Å². The molecule has 4 nitrogen and oxygen atoms in total. The minimum atomic E-state index is 0.0990. The summed E-state index contributed by atoms with van der Waals surface area (Å²) in [4.78, 5) is 4.30. The predicted octanol–water partition coefficient (Wildman–Crippen LogP) is 1.46. The second-order valence-electron chi connectivity index (χ2n) is 5.30. The van der Waals surface area contributed by atoms with E-state index in [1.807, 2.05) is 4.68 Å². The van der Waals surface area contributed by atoms with E-state index >= 15 is 0 Å². The SMILES string of the molecule is CC(C)Cn1ncnc1CC(C)(C)CN. The van der Waals surface area contributed by atoms with Crippen molar-refractivity contribution in [3.8, 4) is 0 Å². The van der Waals surface area contributed by atoms with Crippen molar-refractivity contribution < 1.29 is 0 Å². The van der Waals surface area contributed by atoms with Crippen LogP contribution in [-0.2, 0) is 13.0 Å². The van der Waals surface area contributed by atoms with Gasteiger partial charge >= 0.3 is 0 Å². The first-order valence-electron chi connectivity index (χ1n) is 5.51. The van der Waals surface area contributed by atoms with Crippen molar-refractivity contribution in [2.75, 3.05) is 6.54 Å². The highest BCUT2D eigenvalue weighted by Gasteiger charge is 2.19. The van der Waals surface area contributed by atoms with Crippen molar-refractivity contribution in [1.29, 1.82) is 0 Å². The summed E-state index contributed by atoms with van der Waals surface area (Å²) < 4.78 is 1.99. The fraction of sp³-hybridized carbons (Fsp3) is 0.818. The van der Waals surface area contributed by atoms with E-state index in [1.165, 1.54) is 0 Å². The normalized spacial score (nSPS) is 12.4. The third kappa shape index (κ3) is 3.63. The van der Waals surface area contributed by atoms with Crippen LogP contribution in [0.1, 0.15) is 33.5 Å². The minimum absolute atomic E-state index is 0.0990. The maximum absolute atomic E-state index is 5.72. The van der Waals surface area contributed by atoms with Gasteiger partial charge in [0.25, 0.3) is 0 Å². The zero-order chi connectivity index (χ0) is 11.5. The number of rotatable bonds is 5. The molecule has 0 aliphatic rings. The summed E-state index contributed by atoms with van der Waals surface area (Å²) in [5.74, 6) is 1.63. The minimum Gasteiger partial charge on any atom is -0.330 e. The third-order valence-electron chi connectivity index (χ3n) is 2.42. The van der Waals surface area contributed by atoms with Crippen molar-refractivity contribution in [2.45, 2.75) is 40.7 Å². The lowest BCUT2D eigenvalue weighted by molar-refractivity contribution is 0.350. The molecule has 0 amide bonds. The van der Waals surface area contributed by atoms with Gasteiger partial charge < -0.3 is 5.73 Å². The Morgan fingerprint density at radius 2 is 2.13 bits per heavy atom. The molecule has 15 heavy (non-hydrogen) atoms. The Labute approximate surface area is 91.9 Å². The van der Waals surface area contributed by atoms with Gasteiger partial charge in [-0.15, -0.1) is 0 Å². The number of hydrogen-bond acceptors (Lipinski definition) is 3. The first-order chi connectivity index (χ1) is 6.94. The van der Waals surface area contributed by atoms with Crippen LogP contribution in [0.2, 0.25) is 0 Å². The smallest absolute Gasteiger partial charge is 0.138 e. The van der Waals surface area contributed by atoms with Crippen LogP contribution in [0.15, 0.2) is 6.33 Å². The zero-order valence-corrected chi connectivity index (χ0v) is 10.2. The van der Waals surface area contributed by atoms with Gasteiger partial charge in [-0.3, -0.25) is 0 Å². The maximum atomic E-state index is 5.72. The fourth-order valence-electron chi connectivity index (χ4n) is 1.42. The highest BCUT2D eigenvalue weighted by molar-refractivity contribution is 4.91. The van der Waals surface area contributed by atoms with Gasteiger partial charge in [-0.25, -0.2) is 9.67 Å². The maximum Gasteiger partial charge on any atom is 0.138 e. The summed E-state index contributed by atoms with van der Waals surface area (Å²) in [5.41, 5.74) is 5.82.